The predicted molar refractivity (Wildman–Crippen MR) is 159 cm³/mol. The van der Waals surface area contributed by atoms with Crippen molar-refractivity contribution in [2.75, 3.05) is 0 Å². The molecule has 0 aliphatic heterocycles. The van der Waals surface area contributed by atoms with Gasteiger partial charge in [0.15, 0.2) is 5.58 Å². The van der Waals surface area contributed by atoms with E-state index in [1.165, 1.54) is 5.56 Å². The SMILES string of the molecule is CC(C)c1ccc(-c2[c-]c(-c3cc(C(C)(C)C)cc4cccnc34)ccc2)c2nc(-c3ccccc3O)oc12.[Pt]. The third-order valence-electron chi connectivity index (χ3n) is 7.28. The molecule has 0 spiro atoms. The quantitative estimate of drug-likeness (QED) is 0.186. The largest absolute Gasteiger partial charge is 0.507 e. The van der Waals surface area contributed by atoms with Crippen LogP contribution >= 0.6 is 0 Å². The summed E-state index contributed by atoms with van der Waals surface area (Å²) in [6, 6.07) is 29.8. The zero-order valence-electron chi connectivity index (χ0n) is 23.2. The molecule has 4 aromatic carbocycles. The Morgan fingerprint density at radius 3 is 2.27 bits per heavy atom. The molecular formula is C35H31N2O2Pt-. The predicted octanol–water partition coefficient (Wildman–Crippen LogP) is 9.30. The van der Waals surface area contributed by atoms with E-state index in [1.807, 2.05) is 24.4 Å². The molecule has 204 valence electrons. The van der Waals surface area contributed by atoms with Crippen molar-refractivity contribution in [3.05, 3.63) is 102 Å². The summed E-state index contributed by atoms with van der Waals surface area (Å²) >= 11 is 0. The number of benzene rings is 4. The van der Waals surface area contributed by atoms with Gasteiger partial charge in [-0.1, -0.05) is 88.2 Å². The number of rotatable bonds is 4. The Balaban J connectivity index is 0.00000323. The first-order valence-electron chi connectivity index (χ1n) is 13.3. The third-order valence-corrected chi connectivity index (χ3v) is 7.28. The number of nitrogens with zero attached hydrogens (tertiary/aromatic N) is 2. The van der Waals surface area contributed by atoms with E-state index in [1.54, 1.807) is 12.1 Å². The van der Waals surface area contributed by atoms with Crippen LogP contribution in [-0.4, -0.2) is 15.1 Å². The Labute approximate surface area is 249 Å². The number of fused-ring (bicyclic) bond motifs is 2. The summed E-state index contributed by atoms with van der Waals surface area (Å²) in [6.07, 6.45) is 1.84. The van der Waals surface area contributed by atoms with E-state index < -0.39 is 0 Å². The molecule has 0 bridgehead atoms. The van der Waals surface area contributed by atoms with Crippen LogP contribution in [0.25, 0.3) is 55.7 Å². The minimum absolute atomic E-state index is 0. The summed E-state index contributed by atoms with van der Waals surface area (Å²) in [7, 11) is 0. The molecule has 0 amide bonds. The van der Waals surface area contributed by atoms with E-state index in [4.69, 9.17) is 14.4 Å². The van der Waals surface area contributed by atoms with Crippen LogP contribution in [-0.2, 0) is 26.5 Å². The van der Waals surface area contributed by atoms with Crippen molar-refractivity contribution in [2.24, 2.45) is 0 Å². The second kappa shape index (κ2) is 10.7. The number of phenols is 1. The molecule has 0 saturated heterocycles. The number of oxazole rings is 1. The van der Waals surface area contributed by atoms with Crippen molar-refractivity contribution < 1.29 is 30.6 Å². The average molecular weight is 707 g/mol. The molecular weight excluding hydrogens is 675 g/mol. The van der Waals surface area contributed by atoms with Gasteiger partial charge < -0.3 is 9.52 Å². The molecule has 1 N–H and O–H groups in total. The Bertz CT molecular complexity index is 1850. The van der Waals surface area contributed by atoms with E-state index in [2.05, 4.69) is 89.2 Å². The van der Waals surface area contributed by atoms with Gasteiger partial charge in [0.1, 0.15) is 5.75 Å². The summed E-state index contributed by atoms with van der Waals surface area (Å²) < 4.78 is 6.32. The van der Waals surface area contributed by atoms with Crippen LogP contribution in [0, 0.1) is 6.07 Å². The number of aromatic nitrogens is 2. The van der Waals surface area contributed by atoms with Crippen molar-refractivity contribution in [1.29, 1.82) is 0 Å². The molecule has 6 rings (SSSR count). The van der Waals surface area contributed by atoms with Gasteiger partial charge in [-0.15, -0.1) is 35.4 Å². The minimum Gasteiger partial charge on any atom is -0.507 e. The Kier molecular flexibility index (Phi) is 7.42. The van der Waals surface area contributed by atoms with Crippen LogP contribution < -0.4 is 0 Å². The molecule has 0 atom stereocenters. The van der Waals surface area contributed by atoms with E-state index in [-0.39, 0.29) is 38.1 Å². The van der Waals surface area contributed by atoms with E-state index in [9.17, 15) is 5.11 Å². The van der Waals surface area contributed by atoms with Gasteiger partial charge in [-0.05, 0) is 46.0 Å². The minimum atomic E-state index is -0.00462. The van der Waals surface area contributed by atoms with Crippen LogP contribution in [0.1, 0.15) is 51.7 Å². The maximum absolute atomic E-state index is 10.5. The van der Waals surface area contributed by atoms with Crippen molar-refractivity contribution in [2.45, 2.75) is 46.0 Å². The number of hydrogen-bond donors (Lipinski definition) is 1. The second-order valence-electron chi connectivity index (χ2n) is 11.4. The van der Waals surface area contributed by atoms with Crippen LogP contribution in [0.2, 0.25) is 0 Å². The molecule has 2 heterocycles. The Morgan fingerprint density at radius 2 is 1.55 bits per heavy atom. The first-order valence-corrected chi connectivity index (χ1v) is 13.3. The smallest absolute Gasteiger partial charge is 0.230 e. The fraction of sp³-hybridized carbons (Fsp3) is 0.200. The van der Waals surface area contributed by atoms with Crippen LogP contribution in [0.3, 0.4) is 0 Å². The van der Waals surface area contributed by atoms with Gasteiger partial charge in [0, 0.05) is 32.8 Å². The van der Waals surface area contributed by atoms with E-state index in [0.717, 1.165) is 49.8 Å². The molecule has 5 heteroatoms. The van der Waals surface area contributed by atoms with Crippen molar-refractivity contribution in [3.63, 3.8) is 0 Å². The molecule has 0 aliphatic carbocycles. The van der Waals surface area contributed by atoms with Gasteiger partial charge in [-0.2, -0.15) is 0 Å². The molecule has 0 radical (unpaired) electrons. The van der Waals surface area contributed by atoms with Crippen LogP contribution in [0.15, 0.2) is 89.5 Å². The zero-order valence-corrected chi connectivity index (χ0v) is 25.5. The second-order valence-corrected chi connectivity index (χ2v) is 11.4. The van der Waals surface area contributed by atoms with Crippen LogP contribution in [0.5, 0.6) is 5.75 Å². The molecule has 0 unspecified atom stereocenters. The maximum Gasteiger partial charge on any atom is 0.230 e. The molecule has 2 aromatic heterocycles. The number of para-hydroxylation sites is 1. The molecule has 0 aliphatic rings. The van der Waals surface area contributed by atoms with Crippen molar-refractivity contribution in [1.82, 2.24) is 9.97 Å². The fourth-order valence-electron chi connectivity index (χ4n) is 5.08. The Hall–Kier alpha value is -3.75. The number of aromatic hydroxyl groups is 1. The summed E-state index contributed by atoms with van der Waals surface area (Å²) in [4.78, 5) is 9.64. The standard InChI is InChI=1S/C35H31N2O2.Pt/c1-21(2)26-15-16-27(32-33(26)39-34(37-32)28-13-6-7-14-30(28)38)22-10-8-11-23(18-22)29-20-25(35(3,4)5)19-24-12-9-17-36-31(24)29;/h6-17,19-21,38H,1-5H3;/q-1;. The topological polar surface area (TPSA) is 59.2 Å². The molecule has 6 aromatic rings. The molecule has 0 fully saturated rings. The first-order chi connectivity index (χ1) is 18.7. The maximum atomic E-state index is 10.5. The summed E-state index contributed by atoms with van der Waals surface area (Å²) in [5.41, 5.74) is 9.26. The van der Waals surface area contributed by atoms with E-state index in [0.29, 0.717) is 11.5 Å². The first kappa shape index (κ1) is 27.8. The molecule has 4 nitrogen and oxygen atoms in total. The van der Waals surface area contributed by atoms with Gasteiger partial charge in [-0.3, -0.25) is 4.98 Å². The fourth-order valence-corrected chi connectivity index (χ4v) is 5.08. The van der Waals surface area contributed by atoms with E-state index >= 15 is 0 Å². The number of phenolic OH excluding ortho intramolecular Hbond substituents is 1. The number of pyridine rings is 1. The summed E-state index contributed by atoms with van der Waals surface area (Å²) in [5, 5.41) is 11.6. The van der Waals surface area contributed by atoms with Gasteiger partial charge in [0.2, 0.25) is 5.89 Å². The van der Waals surface area contributed by atoms with Crippen LogP contribution in [0.4, 0.5) is 0 Å². The van der Waals surface area contributed by atoms with Crippen molar-refractivity contribution in [3.8, 4) is 39.5 Å². The van der Waals surface area contributed by atoms with Crippen molar-refractivity contribution >= 4 is 22.0 Å². The van der Waals surface area contributed by atoms with Gasteiger partial charge in [0.25, 0.3) is 0 Å². The number of hydrogen-bond acceptors (Lipinski definition) is 4. The zero-order chi connectivity index (χ0) is 27.3. The summed E-state index contributed by atoms with van der Waals surface area (Å²) in [5.74, 6) is 0.796. The monoisotopic (exact) mass is 706 g/mol. The summed E-state index contributed by atoms with van der Waals surface area (Å²) in [6.45, 7) is 11.0. The van der Waals surface area contributed by atoms with Gasteiger partial charge in [-0.25, -0.2) is 4.98 Å². The van der Waals surface area contributed by atoms with Gasteiger partial charge >= 0.3 is 0 Å². The average Bonchev–Trinajstić information content (AvgIpc) is 3.36. The molecule has 40 heavy (non-hydrogen) atoms. The van der Waals surface area contributed by atoms with Gasteiger partial charge in [0.05, 0.1) is 11.1 Å². The third kappa shape index (κ3) is 4.97. The molecule has 0 saturated carbocycles. The normalized spacial score (nSPS) is 11.8. The Morgan fingerprint density at radius 1 is 0.800 bits per heavy atom.